The first-order valence-electron chi connectivity index (χ1n) is 7.39. The predicted octanol–water partition coefficient (Wildman–Crippen LogP) is 2.09. The molecule has 0 bridgehead atoms. The molecule has 0 radical (unpaired) electrons. The fourth-order valence-corrected chi connectivity index (χ4v) is 2.67. The summed E-state index contributed by atoms with van der Waals surface area (Å²) < 4.78 is 10.2. The molecule has 1 aliphatic rings. The van der Waals surface area contributed by atoms with E-state index in [1.807, 2.05) is 31.2 Å². The normalized spacial score (nSPS) is 15.0. The van der Waals surface area contributed by atoms with Crippen LogP contribution in [0.1, 0.15) is 16.1 Å². The number of benzene rings is 1. The van der Waals surface area contributed by atoms with Crippen molar-refractivity contribution in [1.29, 1.82) is 0 Å². The molecule has 23 heavy (non-hydrogen) atoms. The van der Waals surface area contributed by atoms with Crippen molar-refractivity contribution in [2.24, 2.45) is 0 Å². The molecule has 1 aliphatic heterocycles. The molecule has 120 valence electrons. The molecule has 0 atom stereocenters. The van der Waals surface area contributed by atoms with Crippen molar-refractivity contribution >= 4 is 17.5 Å². The van der Waals surface area contributed by atoms with E-state index in [4.69, 9.17) is 9.15 Å². The summed E-state index contributed by atoms with van der Waals surface area (Å²) in [5.41, 5.74) is 1.93. The van der Waals surface area contributed by atoms with Crippen molar-refractivity contribution in [3.05, 3.63) is 47.7 Å². The van der Waals surface area contributed by atoms with Gasteiger partial charge in [-0.05, 0) is 24.6 Å². The Kier molecular flexibility index (Phi) is 4.06. The van der Waals surface area contributed by atoms with Crippen LogP contribution in [0, 0.1) is 6.92 Å². The van der Waals surface area contributed by atoms with E-state index in [0.29, 0.717) is 13.1 Å². The van der Waals surface area contributed by atoms with E-state index in [1.54, 1.807) is 17.0 Å². The van der Waals surface area contributed by atoms with Crippen LogP contribution in [0.3, 0.4) is 0 Å². The molecule has 3 rings (SSSR count). The van der Waals surface area contributed by atoms with Gasteiger partial charge in [-0.15, -0.1) is 0 Å². The van der Waals surface area contributed by atoms with Gasteiger partial charge in [-0.25, -0.2) is 0 Å². The van der Waals surface area contributed by atoms with Crippen LogP contribution in [0.2, 0.25) is 0 Å². The van der Waals surface area contributed by atoms with Gasteiger partial charge in [-0.3, -0.25) is 9.59 Å². The summed E-state index contributed by atoms with van der Waals surface area (Å²) in [6, 6.07) is 10.9. The van der Waals surface area contributed by atoms with E-state index in [1.165, 1.54) is 12.0 Å². The number of carbonyl (C=O) groups excluding carboxylic acids is 2. The maximum absolute atomic E-state index is 12.4. The third kappa shape index (κ3) is 2.92. The zero-order valence-corrected chi connectivity index (χ0v) is 13.1. The lowest BCUT2D eigenvalue weighted by atomic mass is 10.1. The van der Waals surface area contributed by atoms with E-state index >= 15 is 0 Å². The fraction of sp³-hybridized carbons (Fsp3) is 0.294. The Balaban J connectivity index is 1.72. The van der Waals surface area contributed by atoms with Crippen molar-refractivity contribution in [2.45, 2.75) is 6.92 Å². The Morgan fingerprint density at radius 1 is 1.17 bits per heavy atom. The molecule has 1 aromatic heterocycles. The van der Waals surface area contributed by atoms with Crippen LogP contribution in [0.25, 0.3) is 0 Å². The number of amides is 2. The van der Waals surface area contributed by atoms with Gasteiger partial charge < -0.3 is 19.0 Å². The number of anilines is 1. The molecule has 2 heterocycles. The minimum Gasteiger partial charge on any atom is -0.468 e. The van der Waals surface area contributed by atoms with Crippen LogP contribution < -0.4 is 9.64 Å². The Labute approximate surface area is 134 Å². The highest BCUT2D eigenvalue weighted by Crippen LogP contribution is 2.23. The molecule has 2 aromatic rings. The van der Waals surface area contributed by atoms with Crippen LogP contribution in [0.15, 0.2) is 40.8 Å². The van der Waals surface area contributed by atoms with Crippen molar-refractivity contribution < 1.29 is 18.7 Å². The average Bonchev–Trinajstić information content (AvgIpc) is 3.04. The number of furan rings is 1. The van der Waals surface area contributed by atoms with Gasteiger partial charge in [0.2, 0.25) is 5.91 Å². The molecule has 1 aromatic carbocycles. The standard InChI is InChI=1S/C17H18N2O4/c1-12-5-3-4-6-13(12)19-10-9-18(11-15(19)20)17(21)14-7-8-16(22-2)23-14/h3-8H,9-11H2,1-2H3. The summed E-state index contributed by atoms with van der Waals surface area (Å²) in [7, 11) is 1.47. The lowest BCUT2D eigenvalue weighted by Gasteiger charge is -2.34. The number of nitrogens with zero attached hydrogens (tertiary/aromatic N) is 2. The van der Waals surface area contributed by atoms with Crippen molar-refractivity contribution in [2.75, 3.05) is 31.6 Å². The van der Waals surface area contributed by atoms with Crippen LogP contribution >= 0.6 is 0 Å². The number of aryl methyl sites for hydroxylation is 1. The number of hydrogen-bond donors (Lipinski definition) is 0. The molecular formula is C17H18N2O4. The highest BCUT2D eigenvalue weighted by atomic mass is 16.6. The van der Waals surface area contributed by atoms with Crippen LogP contribution in [0.4, 0.5) is 5.69 Å². The topological polar surface area (TPSA) is 63.0 Å². The first-order chi connectivity index (χ1) is 11.1. The van der Waals surface area contributed by atoms with E-state index in [0.717, 1.165) is 11.3 Å². The van der Waals surface area contributed by atoms with Gasteiger partial charge in [-0.1, -0.05) is 18.2 Å². The summed E-state index contributed by atoms with van der Waals surface area (Å²) in [5, 5.41) is 0. The van der Waals surface area contributed by atoms with Crippen LogP contribution in [-0.2, 0) is 4.79 Å². The van der Waals surface area contributed by atoms with E-state index in [-0.39, 0.29) is 30.1 Å². The number of carbonyl (C=O) groups is 2. The Morgan fingerprint density at radius 3 is 2.61 bits per heavy atom. The molecule has 0 unspecified atom stereocenters. The number of para-hydroxylation sites is 1. The highest BCUT2D eigenvalue weighted by Gasteiger charge is 2.30. The molecule has 6 nitrogen and oxygen atoms in total. The van der Waals surface area contributed by atoms with E-state index in [2.05, 4.69) is 0 Å². The summed E-state index contributed by atoms with van der Waals surface area (Å²) in [5.74, 6) is 0.0562. The molecule has 1 saturated heterocycles. The van der Waals surface area contributed by atoms with Crippen LogP contribution in [0.5, 0.6) is 5.95 Å². The Hall–Kier alpha value is -2.76. The lowest BCUT2D eigenvalue weighted by molar-refractivity contribution is -0.120. The van der Waals surface area contributed by atoms with Gasteiger partial charge in [0, 0.05) is 24.8 Å². The van der Waals surface area contributed by atoms with Gasteiger partial charge in [0.1, 0.15) is 6.54 Å². The van der Waals surface area contributed by atoms with Crippen molar-refractivity contribution in [3.8, 4) is 5.95 Å². The summed E-state index contributed by atoms with van der Waals surface area (Å²) in [6.45, 7) is 2.93. The second-order valence-corrected chi connectivity index (χ2v) is 5.38. The Morgan fingerprint density at radius 2 is 1.96 bits per heavy atom. The SMILES string of the molecule is COc1ccc(C(=O)N2CCN(c3ccccc3C)C(=O)C2)o1. The second-order valence-electron chi connectivity index (χ2n) is 5.38. The van der Waals surface area contributed by atoms with Gasteiger partial charge in [-0.2, -0.15) is 0 Å². The van der Waals surface area contributed by atoms with Crippen molar-refractivity contribution in [1.82, 2.24) is 4.90 Å². The fourth-order valence-electron chi connectivity index (χ4n) is 2.67. The first-order valence-corrected chi connectivity index (χ1v) is 7.39. The summed E-state index contributed by atoms with van der Waals surface area (Å²) >= 11 is 0. The number of piperazine rings is 1. The molecule has 1 fully saturated rings. The second kappa shape index (κ2) is 6.16. The largest absolute Gasteiger partial charge is 0.468 e. The molecule has 2 amide bonds. The maximum Gasteiger partial charge on any atom is 0.290 e. The van der Waals surface area contributed by atoms with Crippen LogP contribution in [-0.4, -0.2) is 43.5 Å². The predicted molar refractivity (Wildman–Crippen MR) is 84.7 cm³/mol. The number of ether oxygens (including phenoxy) is 1. The lowest BCUT2D eigenvalue weighted by Crippen LogP contribution is -2.52. The third-order valence-corrected chi connectivity index (χ3v) is 3.91. The maximum atomic E-state index is 12.4. The number of rotatable bonds is 3. The zero-order chi connectivity index (χ0) is 16.4. The van der Waals surface area contributed by atoms with Gasteiger partial charge in [0.05, 0.1) is 7.11 Å². The van der Waals surface area contributed by atoms with Gasteiger partial charge in [0.15, 0.2) is 5.76 Å². The monoisotopic (exact) mass is 314 g/mol. The number of methoxy groups -OCH3 is 1. The summed E-state index contributed by atoms with van der Waals surface area (Å²) in [4.78, 5) is 28.0. The zero-order valence-electron chi connectivity index (χ0n) is 13.1. The Bertz CT molecular complexity index is 738. The van der Waals surface area contributed by atoms with Gasteiger partial charge >= 0.3 is 0 Å². The van der Waals surface area contributed by atoms with Crippen molar-refractivity contribution in [3.63, 3.8) is 0 Å². The minimum atomic E-state index is -0.300. The summed E-state index contributed by atoms with van der Waals surface area (Å²) in [6.07, 6.45) is 0. The quantitative estimate of drug-likeness (QED) is 0.870. The highest BCUT2D eigenvalue weighted by molar-refractivity contribution is 6.01. The smallest absolute Gasteiger partial charge is 0.290 e. The molecule has 0 N–H and O–H groups in total. The average molecular weight is 314 g/mol. The first kappa shape index (κ1) is 15.1. The van der Waals surface area contributed by atoms with E-state index in [9.17, 15) is 9.59 Å². The molecule has 0 spiro atoms. The minimum absolute atomic E-state index is 0.0379. The van der Waals surface area contributed by atoms with E-state index < -0.39 is 0 Å². The molecule has 0 saturated carbocycles. The molecular weight excluding hydrogens is 296 g/mol. The van der Waals surface area contributed by atoms with Gasteiger partial charge in [0.25, 0.3) is 11.9 Å². The molecule has 0 aliphatic carbocycles. The third-order valence-electron chi connectivity index (χ3n) is 3.91. The number of hydrogen-bond acceptors (Lipinski definition) is 4. The molecule has 6 heteroatoms.